The number of carbonyl (C=O) groups is 1. The molecule has 1 aliphatic carbocycles. The number of nitrogens with one attached hydrogen (secondary N) is 2. The topological polar surface area (TPSA) is 99.4 Å². The van der Waals surface area contributed by atoms with E-state index in [-0.39, 0.29) is 17.7 Å². The van der Waals surface area contributed by atoms with Gasteiger partial charge >= 0.3 is 0 Å². The van der Waals surface area contributed by atoms with Crippen LogP contribution in [0.2, 0.25) is 0 Å². The van der Waals surface area contributed by atoms with Crippen LogP contribution in [0.3, 0.4) is 0 Å². The molecule has 1 aromatic carbocycles. The molecule has 4 rings (SSSR count). The highest BCUT2D eigenvalue weighted by molar-refractivity contribution is 6.04. The Hall–Kier alpha value is -2.90. The van der Waals surface area contributed by atoms with Gasteiger partial charge < -0.3 is 11.1 Å². The lowest BCUT2D eigenvalue weighted by Gasteiger charge is -2.30. The Morgan fingerprint density at radius 2 is 2.24 bits per heavy atom. The lowest BCUT2D eigenvalue weighted by Crippen LogP contribution is -2.48. The van der Waals surface area contributed by atoms with E-state index in [1.807, 2.05) is 13.0 Å². The van der Waals surface area contributed by atoms with Gasteiger partial charge in [0.25, 0.3) is 0 Å². The smallest absolute Gasteiger partial charge is 0.237 e. The predicted octanol–water partition coefficient (Wildman–Crippen LogP) is 1.55. The number of nitrogens with zero attached hydrogens (tertiary/aromatic N) is 3. The maximum atomic E-state index is 14.6. The van der Waals surface area contributed by atoms with Crippen molar-refractivity contribution in [3.63, 3.8) is 0 Å². The van der Waals surface area contributed by atoms with Crippen molar-refractivity contribution in [3.05, 3.63) is 47.5 Å². The second kappa shape index (κ2) is 5.05. The van der Waals surface area contributed by atoms with Gasteiger partial charge in [-0.3, -0.25) is 14.8 Å². The van der Waals surface area contributed by atoms with Crippen molar-refractivity contribution < 1.29 is 9.18 Å². The molecule has 1 aliphatic heterocycles. The summed E-state index contributed by atoms with van der Waals surface area (Å²) in [5.41, 5.74) is 6.26. The van der Waals surface area contributed by atoms with Crippen LogP contribution >= 0.6 is 0 Å². The highest BCUT2D eigenvalue weighted by atomic mass is 19.1. The molecule has 4 N–H and O–H groups in total. The Morgan fingerprint density at radius 1 is 1.44 bits per heavy atom. The fourth-order valence-corrected chi connectivity index (χ4v) is 3.61. The third-order valence-corrected chi connectivity index (χ3v) is 5.28. The van der Waals surface area contributed by atoms with Crippen LogP contribution in [-0.2, 0) is 16.9 Å². The Bertz CT molecular complexity index is 879. The van der Waals surface area contributed by atoms with Gasteiger partial charge in [0.2, 0.25) is 5.91 Å². The average molecular weight is 342 g/mol. The van der Waals surface area contributed by atoms with Crippen molar-refractivity contribution in [1.29, 1.82) is 0 Å². The number of guanidine groups is 1. The van der Waals surface area contributed by atoms with Gasteiger partial charge in [-0.05, 0) is 37.6 Å². The van der Waals surface area contributed by atoms with E-state index in [0.717, 1.165) is 11.4 Å². The van der Waals surface area contributed by atoms with Crippen molar-refractivity contribution in [2.75, 3.05) is 12.4 Å². The number of rotatable bonds is 4. The second-order valence-electron chi connectivity index (χ2n) is 6.83. The number of aromatic amines is 1. The fraction of sp³-hybridized carbons (Fsp3) is 0.353. The Balaban J connectivity index is 1.69. The van der Waals surface area contributed by atoms with Gasteiger partial charge in [-0.1, -0.05) is 0 Å². The van der Waals surface area contributed by atoms with Gasteiger partial charge in [0.15, 0.2) is 5.96 Å². The van der Waals surface area contributed by atoms with Crippen molar-refractivity contribution in [1.82, 2.24) is 15.1 Å². The van der Waals surface area contributed by atoms with Crippen LogP contribution in [0, 0.1) is 11.2 Å². The van der Waals surface area contributed by atoms with Crippen LogP contribution in [0.4, 0.5) is 10.1 Å². The first kappa shape index (κ1) is 15.6. The number of amides is 1. The minimum Gasteiger partial charge on any atom is -0.379 e. The number of hydrogen-bond donors (Lipinski definition) is 3. The number of anilines is 1. The summed E-state index contributed by atoms with van der Waals surface area (Å²) in [5.74, 6) is -0.393. The molecule has 1 fully saturated rings. The molecule has 130 valence electrons. The Kier molecular flexibility index (Phi) is 3.15. The molecule has 0 bridgehead atoms. The first-order valence-corrected chi connectivity index (χ1v) is 8.03. The molecule has 2 aliphatic rings. The van der Waals surface area contributed by atoms with Crippen molar-refractivity contribution in [2.45, 2.75) is 25.4 Å². The number of aliphatic imine (C=N–C) groups is 1. The van der Waals surface area contributed by atoms with Gasteiger partial charge in [-0.15, -0.1) is 0 Å². The summed E-state index contributed by atoms with van der Waals surface area (Å²) in [7, 11) is 1.59. The third-order valence-electron chi connectivity index (χ3n) is 5.28. The molecule has 7 nitrogen and oxygen atoms in total. The number of aromatic nitrogens is 2. The minimum atomic E-state index is -0.920. The van der Waals surface area contributed by atoms with E-state index in [9.17, 15) is 9.18 Å². The van der Waals surface area contributed by atoms with Gasteiger partial charge in [0.05, 0.1) is 17.7 Å². The molecular formula is C17H19FN6O. The molecule has 8 heteroatoms. The van der Waals surface area contributed by atoms with Crippen molar-refractivity contribution >= 4 is 17.6 Å². The van der Waals surface area contributed by atoms with E-state index >= 15 is 0 Å². The van der Waals surface area contributed by atoms with Crippen LogP contribution in [0.15, 0.2) is 35.5 Å². The first-order valence-electron chi connectivity index (χ1n) is 8.03. The second-order valence-corrected chi connectivity index (χ2v) is 6.83. The summed E-state index contributed by atoms with van der Waals surface area (Å²) < 4.78 is 14.6. The number of H-pyrrole nitrogens is 1. The highest BCUT2D eigenvalue weighted by Gasteiger charge is 2.74. The van der Waals surface area contributed by atoms with Crippen molar-refractivity contribution in [2.24, 2.45) is 16.1 Å². The Labute approximate surface area is 144 Å². The SMILES string of the molecule is CN1C(=O)C2(C)C[C@]2(c2cc(NCc3ccn[nH]3)ccc2F)N=C1N. The molecule has 0 saturated heterocycles. The molecular weight excluding hydrogens is 323 g/mol. The van der Waals surface area contributed by atoms with Crippen LogP contribution < -0.4 is 11.1 Å². The first-order chi connectivity index (χ1) is 11.9. The quantitative estimate of drug-likeness (QED) is 0.785. The maximum Gasteiger partial charge on any atom is 0.237 e. The highest BCUT2D eigenvalue weighted by Crippen LogP contribution is 2.68. The average Bonchev–Trinajstić information content (AvgIpc) is 2.97. The number of carbonyl (C=O) groups excluding carboxylic acids is 1. The standard InChI is InChI=1S/C17H19FN6O/c1-16-9-17(16,22-15(19)24(2)14(16)25)12-7-10(3-4-13(12)18)20-8-11-5-6-21-23-11/h3-7,20H,8-9H2,1-2H3,(H2,19,22)(H,21,23)/t16?,17-/m1/s1. The number of fused-ring (bicyclic) bond motifs is 1. The van der Waals surface area contributed by atoms with E-state index in [2.05, 4.69) is 20.5 Å². The zero-order valence-electron chi connectivity index (χ0n) is 14.0. The zero-order chi connectivity index (χ0) is 17.8. The molecule has 1 unspecified atom stereocenters. The number of nitrogens with two attached hydrogens (primary N) is 1. The monoisotopic (exact) mass is 342 g/mol. The van der Waals surface area contributed by atoms with Gasteiger partial charge in [-0.25, -0.2) is 9.38 Å². The fourth-order valence-electron chi connectivity index (χ4n) is 3.61. The zero-order valence-corrected chi connectivity index (χ0v) is 14.0. The summed E-state index contributed by atoms with van der Waals surface area (Å²) in [5, 5.41) is 9.97. The van der Waals surface area contributed by atoms with E-state index < -0.39 is 11.0 Å². The third kappa shape index (κ3) is 2.13. The van der Waals surface area contributed by atoms with Crippen LogP contribution in [0.5, 0.6) is 0 Å². The normalized spacial score (nSPS) is 27.7. The summed E-state index contributed by atoms with van der Waals surface area (Å²) in [6, 6.07) is 6.63. The molecule has 2 atom stereocenters. The van der Waals surface area contributed by atoms with E-state index in [1.165, 1.54) is 11.0 Å². The number of halogens is 1. The molecule has 0 spiro atoms. The summed E-state index contributed by atoms with van der Waals surface area (Å²) in [6.07, 6.45) is 2.12. The Morgan fingerprint density at radius 3 is 2.96 bits per heavy atom. The van der Waals surface area contributed by atoms with Gasteiger partial charge in [0.1, 0.15) is 11.4 Å². The summed E-state index contributed by atoms with van der Waals surface area (Å²) in [6.45, 7) is 2.34. The molecule has 1 saturated carbocycles. The van der Waals surface area contributed by atoms with Crippen LogP contribution in [-0.4, -0.2) is 34.0 Å². The van der Waals surface area contributed by atoms with Crippen LogP contribution in [0.1, 0.15) is 24.6 Å². The molecule has 2 aromatic rings. The van der Waals surface area contributed by atoms with E-state index in [0.29, 0.717) is 18.5 Å². The minimum absolute atomic E-state index is 0.121. The van der Waals surface area contributed by atoms with E-state index in [4.69, 9.17) is 5.73 Å². The lowest BCUT2D eigenvalue weighted by molar-refractivity contribution is -0.132. The largest absolute Gasteiger partial charge is 0.379 e. The predicted molar refractivity (Wildman–Crippen MR) is 91.1 cm³/mol. The number of hydrogen-bond acceptors (Lipinski definition) is 5. The van der Waals surface area contributed by atoms with Crippen molar-refractivity contribution in [3.8, 4) is 0 Å². The lowest BCUT2D eigenvalue weighted by atomic mass is 9.92. The maximum absolute atomic E-state index is 14.6. The molecule has 25 heavy (non-hydrogen) atoms. The molecule has 1 amide bonds. The molecule has 2 heterocycles. The summed E-state index contributed by atoms with van der Waals surface area (Å²) in [4.78, 5) is 18.4. The summed E-state index contributed by atoms with van der Waals surface area (Å²) >= 11 is 0. The van der Waals surface area contributed by atoms with Gasteiger partial charge in [-0.2, -0.15) is 5.10 Å². The van der Waals surface area contributed by atoms with Gasteiger partial charge in [0, 0.05) is 24.5 Å². The van der Waals surface area contributed by atoms with E-state index in [1.54, 1.807) is 25.4 Å². The molecule has 0 radical (unpaired) electrons. The van der Waals surface area contributed by atoms with Crippen LogP contribution in [0.25, 0.3) is 0 Å². The number of benzene rings is 1. The molecule has 1 aromatic heterocycles.